The third kappa shape index (κ3) is 3.12. The van der Waals surface area contributed by atoms with Crippen LogP contribution in [0.5, 0.6) is 0 Å². The summed E-state index contributed by atoms with van der Waals surface area (Å²) in [5.74, 6) is 1.29. The Hall–Kier alpha value is -1.88. The van der Waals surface area contributed by atoms with Crippen LogP contribution in [0, 0.1) is 0 Å². The van der Waals surface area contributed by atoms with Crippen LogP contribution in [0.3, 0.4) is 0 Å². The molecule has 0 fully saturated rings. The maximum Gasteiger partial charge on any atom is 0.266 e. The van der Waals surface area contributed by atoms with Crippen molar-refractivity contribution in [1.82, 2.24) is 10.1 Å². The average Bonchev–Trinajstić information content (AvgIpc) is 2.89. The predicted molar refractivity (Wildman–Crippen MR) is 75.0 cm³/mol. The molecule has 0 atom stereocenters. The lowest BCUT2D eigenvalue weighted by atomic mass is 10.0. The summed E-state index contributed by atoms with van der Waals surface area (Å²) in [5, 5.41) is 4.02. The molecule has 0 aliphatic carbocycles. The Morgan fingerprint density at radius 1 is 1.16 bits per heavy atom. The fourth-order valence-corrected chi connectivity index (χ4v) is 2.04. The molecule has 0 spiro atoms. The molecule has 0 aliphatic rings. The first kappa shape index (κ1) is 13.5. The molecule has 5 nitrogen and oxygen atoms in total. The number of anilines is 1. The first-order valence-electron chi connectivity index (χ1n) is 6.62. The van der Waals surface area contributed by atoms with Crippen molar-refractivity contribution in [2.75, 3.05) is 18.0 Å². The summed E-state index contributed by atoms with van der Waals surface area (Å²) in [5.41, 5.74) is 7.98. The fraction of sp³-hybridized carbons (Fsp3) is 0.429. The Labute approximate surface area is 113 Å². The minimum Gasteiger partial charge on any atom is -0.339 e. The first-order chi connectivity index (χ1) is 9.28. The monoisotopic (exact) mass is 260 g/mol. The Kier molecular flexibility index (Phi) is 4.52. The van der Waals surface area contributed by atoms with E-state index in [1.54, 1.807) is 0 Å². The number of hydrogen-bond acceptors (Lipinski definition) is 5. The zero-order valence-corrected chi connectivity index (χ0v) is 11.5. The predicted octanol–water partition coefficient (Wildman–Crippen LogP) is 1.97. The molecule has 0 saturated heterocycles. The van der Waals surface area contributed by atoms with Gasteiger partial charge in [-0.25, -0.2) is 0 Å². The molecular weight excluding hydrogens is 240 g/mol. The van der Waals surface area contributed by atoms with Crippen molar-refractivity contribution in [2.45, 2.75) is 26.8 Å². The van der Waals surface area contributed by atoms with Crippen LogP contribution < -0.4 is 10.6 Å². The van der Waals surface area contributed by atoms with Crippen LogP contribution in [0.15, 0.2) is 28.8 Å². The van der Waals surface area contributed by atoms with Crippen molar-refractivity contribution in [2.24, 2.45) is 5.73 Å². The molecule has 102 valence electrons. The van der Waals surface area contributed by atoms with Crippen molar-refractivity contribution < 1.29 is 4.52 Å². The van der Waals surface area contributed by atoms with E-state index >= 15 is 0 Å². The summed E-state index contributed by atoms with van der Waals surface area (Å²) in [7, 11) is 0. The maximum atomic E-state index is 5.73. The lowest BCUT2D eigenvalue weighted by molar-refractivity contribution is 0.384. The largest absolute Gasteiger partial charge is 0.339 e. The molecule has 0 radical (unpaired) electrons. The number of nitrogens with zero attached hydrogens (tertiary/aromatic N) is 3. The average molecular weight is 260 g/mol. The Balaban J connectivity index is 2.15. The van der Waals surface area contributed by atoms with Gasteiger partial charge in [0.25, 0.3) is 5.95 Å². The molecular formula is C14H20N4O. The van der Waals surface area contributed by atoms with E-state index in [-0.39, 0.29) is 0 Å². The zero-order chi connectivity index (χ0) is 13.7. The highest BCUT2D eigenvalue weighted by molar-refractivity contribution is 5.31. The molecule has 0 saturated carbocycles. The van der Waals surface area contributed by atoms with Gasteiger partial charge in [0.05, 0.1) is 6.42 Å². The second-order valence-corrected chi connectivity index (χ2v) is 4.31. The standard InChI is InChI=1S/C14H20N4O/c1-3-18(4-2)14-16-13(19-17-14)9-11-7-5-6-8-12(11)10-15/h5-8H,3-4,9-10,15H2,1-2H3. The van der Waals surface area contributed by atoms with E-state index in [0.29, 0.717) is 24.8 Å². The summed E-state index contributed by atoms with van der Waals surface area (Å²) in [6.45, 7) is 6.41. The quantitative estimate of drug-likeness (QED) is 0.860. The number of nitrogens with two attached hydrogens (primary N) is 1. The molecule has 0 unspecified atom stereocenters. The molecule has 2 aromatic rings. The van der Waals surface area contributed by atoms with Crippen molar-refractivity contribution >= 4 is 5.95 Å². The van der Waals surface area contributed by atoms with Gasteiger partial charge >= 0.3 is 0 Å². The van der Waals surface area contributed by atoms with Crippen LogP contribution in [0.2, 0.25) is 0 Å². The second kappa shape index (κ2) is 6.33. The van der Waals surface area contributed by atoms with Crippen LogP contribution in [0.1, 0.15) is 30.9 Å². The van der Waals surface area contributed by atoms with E-state index in [1.165, 1.54) is 0 Å². The fourth-order valence-electron chi connectivity index (χ4n) is 2.04. The van der Waals surface area contributed by atoms with E-state index < -0.39 is 0 Å². The van der Waals surface area contributed by atoms with Crippen molar-refractivity contribution in [1.29, 1.82) is 0 Å². The number of hydrogen-bond donors (Lipinski definition) is 1. The van der Waals surface area contributed by atoms with Gasteiger partial charge in [-0.05, 0) is 30.1 Å². The number of benzene rings is 1. The summed E-state index contributed by atoms with van der Waals surface area (Å²) in [6.07, 6.45) is 0.627. The van der Waals surface area contributed by atoms with Gasteiger partial charge in [0.2, 0.25) is 5.89 Å². The molecule has 0 bridgehead atoms. The van der Waals surface area contributed by atoms with E-state index in [0.717, 1.165) is 24.2 Å². The smallest absolute Gasteiger partial charge is 0.266 e. The highest BCUT2D eigenvalue weighted by Crippen LogP contribution is 2.15. The number of rotatable bonds is 6. The third-order valence-electron chi connectivity index (χ3n) is 3.18. The summed E-state index contributed by atoms with van der Waals surface area (Å²) >= 11 is 0. The Bertz CT molecular complexity index is 520. The van der Waals surface area contributed by atoms with Gasteiger partial charge in [-0.2, -0.15) is 4.98 Å². The van der Waals surface area contributed by atoms with Gasteiger partial charge in [0.15, 0.2) is 0 Å². The molecule has 2 N–H and O–H groups in total. The zero-order valence-electron chi connectivity index (χ0n) is 11.5. The molecule has 19 heavy (non-hydrogen) atoms. The minimum absolute atomic E-state index is 0.521. The van der Waals surface area contributed by atoms with E-state index in [2.05, 4.69) is 28.9 Å². The van der Waals surface area contributed by atoms with E-state index in [1.807, 2.05) is 24.3 Å². The lowest BCUT2D eigenvalue weighted by Crippen LogP contribution is -2.23. The Morgan fingerprint density at radius 2 is 1.84 bits per heavy atom. The van der Waals surface area contributed by atoms with Gasteiger partial charge in [0.1, 0.15) is 0 Å². The van der Waals surface area contributed by atoms with E-state index in [9.17, 15) is 0 Å². The van der Waals surface area contributed by atoms with Crippen LogP contribution in [0.25, 0.3) is 0 Å². The van der Waals surface area contributed by atoms with Crippen LogP contribution in [-0.4, -0.2) is 23.2 Å². The van der Waals surface area contributed by atoms with Crippen LogP contribution in [-0.2, 0) is 13.0 Å². The SMILES string of the molecule is CCN(CC)c1noc(Cc2ccccc2CN)n1. The van der Waals surface area contributed by atoms with Crippen molar-refractivity contribution in [3.63, 3.8) is 0 Å². The van der Waals surface area contributed by atoms with Gasteiger partial charge in [-0.15, -0.1) is 0 Å². The highest BCUT2D eigenvalue weighted by atomic mass is 16.5. The molecule has 1 aromatic carbocycles. The summed E-state index contributed by atoms with van der Waals surface area (Å²) in [6, 6.07) is 8.05. The normalized spacial score (nSPS) is 10.7. The van der Waals surface area contributed by atoms with Gasteiger partial charge in [-0.3, -0.25) is 0 Å². The molecule has 1 heterocycles. The van der Waals surface area contributed by atoms with Gasteiger partial charge in [-0.1, -0.05) is 24.3 Å². The van der Waals surface area contributed by atoms with Crippen LogP contribution >= 0.6 is 0 Å². The third-order valence-corrected chi connectivity index (χ3v) is 3.18. The van der Waals surface area contributed by atoms with Gasteiger partial charge in [0, 0.05) is 19.6 Å². The maximum absolute atomic E-state index is 5.73. The van der Waals surface area contributed by atoms with Crippen molar-refractivity contribution in [3.8, 4) is 0 Å². The van der Waals surface area contributed by atoms with Crippen LogP contribution in [0.4, 0.5) is 5.95 Å². The topological polar surface area (TPSA) is 68.2 Å². The van der Waals surface area contributed by atoms with E-state index in [4.69, 9.17) is 10.3 Å². The summed E-state index contributed by atoms with van der Waals surface area (Å²) in [4.78, 5) is 6.49. The lowest BCUT2D eigenvalue weighted by Gasteiger charge is -2.14. The molecule has 0 aliphatic heterocycles. The minimum atomic E-state index is 0.521. The van der Waals surface area contributed by atoms with Crippen molar-refractivity contribution in [3.05, 3.63) is 41.3 Å². The molecule has 5 heteroatoms. The number of aromatic nitrogens is 2. The highest BCUT2D eigenvalue weighted by Gasteiger charge is 2.12. The first-order valence-corrected chi connectivity index (χ1v) is 6.62. The Morgan fingerprint density at radius 3 is 2.47 bits per heavy atom. The molecule has 0 amide bonds. The molecule has 1 aromatic heterocycles. The van der Waals surface area contributed by atoms with Gasteiger partial charge < -0.3 is 15.2 Å². The summed E-state index contributed by atoms with van der Waals surface area (Å²) < 4.78 is 5.31. The molecule has 2 rings (SSSR count). The second-order valence-electron chi connectivity index (χ2n) is 4.31.